The molecule has 180 valence electrons. The molecule has 1 heterocycles. The Morgan fingerprint density at radius 1 is 1.18 bits per heavy atom. The zero-order valence-corrected chi connectivity index (χ0v) is 22.4. The summed E-state index contributed by atoms with van der Waals surface area (Å²) >= 11 is 9.62. The van der Waals surface area contributed by atoms with Crippen molar-refractivity contribution in [2.24, 2.45) is 4.99 Å². The average Bonchev–Trinajstić information content (AvgIpc) is 3.12. The van der Waals surface area contributed by atoms with Gasteiger partial charge in [0.1, 0.15) is 10.4 Å². The molecule has 0 atom stereocenters. The number of nitrogens with zero attached hydrogens (tertiary/aromatic N) is 3. The minimum absolute atomic E-state index is 0.0407. The lowest BCUT2D eigenvalue weighted by atomic mass is 10.1. The Balaban J connectivity index is 2.16. The van der Waals surface area contributed by atoms with Gasteiger partial charge in [-0.05, 0) is 60.1 Å². The second-order valence-electron chi connectivity index (χ2n) is 7.70. The maximum absolute atomic E-state index is 13.5. The molecule has 0 saturated heterocycles. The molecule has 1 amide bonds. The van der Waals surface area contributed by atoms with Crippen molar-refractivity contribution in [3.8, 4) is 5.75 Å². The fraction of sp³-hybridized carbons (Fsp3) is 0.217. The molecule has 2 aromatic carbocycles. The third-order valence-electron chi connectivity index (χ3n) is 4.93. The Bertz CT molecular complexity index is 1370. The quantitative estimate of drug-likeness (QED) is 0.311. The smallest absolute Gasteiger partial charge is 0.270 e. The van der Waals surface area contributed by atoms with Crippen LogP contribution in [0, 0.1) is 13.8 Å². The maximum atomic E-state index is 13.5. The lowest BCUT2D eigenvalue weighted by Crippen LogP contribution is -2.16. The summed E-state index contributed by atoms with van der Waals surface area (Å²) in [7, 11) is 0.922. The van der Waals surface area contributed by atoms with Crippen LogP contribution in [0.1, 0.15) is 21.5 Å². The molecule has 0 bridgehead atoms. The lowest BCUT2D eigenvalue weighted by molar-refractivity contribution is 0.102. The highest BCUT2D eigenvalue weighted by molar-refractivity contribution is 9.10. The van der Waals surface area contributed by atoms with Crippen LogP contribution in [0.15, 0.2) is 57.0 Å². The SMILES string of the molecule is COc1ccc(Cl)c(NC(=O)c2cc(Br)n(S(=O)(=O)c3ccc(C)cc3)c2N=CN(C)C)c1C. The Morgan fingerprint density at radius 2 is 1.82 bits per heavy atom. The number of carbonyl (C=O) groups excluding carboxylic acids is 1. The van der Waals surface area contributed by atoms with Gasteiger partial charge in [-0.3, -0.25) is 4.79 Å². The topological polar surface area (TPSA) is 93.0 Å². The Kier molecular flexibility index (Phi) is 7.74. The van der Waals surface area contributed by atoms with Crippen LogP contribution in [0.3, 0.4) is 0 Å². The van der Waals surface area contributed by atoms with Gasteiger partial charge in [-0.1, -0.05) is 29.3 Å². The van der Waals surface area contributed by atoms with Crippen LogP contribution in [0.4, 0.5) is 11.5 Å². The molecule has 0 aliphatic carbocycles. The van der Waals surface area contributed by atoms with E-state index < -0.39 is 15.9 Å². The van der Waals surface area contributed by atoms with Crippen molar-refractivity contribution >= 4 is 61.3 Å². The van der Waals surface area contributed by atoms with Crippen molar-refractivity contribution < 1.29 is 17.9 Å². The highest BCUT2D eigenvalue weighted by Crippen LogP contribution is 2.36. The molecule has 1 N–H and O–H groups in total. The molecular weight excluding hydrogens is 544 g/mol. The predicted octanol–water partition coefficient (Wildman–Crippen LogP) is 5.24. The summed E-state index contributed by atoms with van der Waals surface area (Å²) in [6.45, 7) is 3.62. The molecule has 0 saturated carbocycles. The fourth-order valence-corrected chi connectivity index (χ4v) is 5.74. The van der Waals surface area contributed by atoms with E-state index in [2.05, 4.69) is 26.2 Å². The molecule has 8 nitrogen and oxygen atoms in total. The number of hydrogen-bond acceptors (Lipinski definition) is 5. The van der Waals surface area contributed by atoms with Crippen molar-refractivity contribution in [2.45, 2.75) is 18.7 Å². The van der Waals surface area contributed by atoms with Crippen molar-refractivity contribution in [3.05, 3.63) is 68.8 Å². The number of benzene rings is 2. The Hall–Kier alpha value is -2.82. The first-order valence-corrected chi connectivity index (χ1v) is 12.7. The zero-order valence-electron chi connectivity index (χ0n) is 19.3. The van der Waals surface area contributed by atoms with Crippen LogP contribution in [-0.2, 0) is 10.0 Å². The van der Waals surface area contributed by atoms with Crippen molar-refractivity contribution in [1.29, 1.82) is 0 Å². The van der Waals surface area contributed by atoms with Crippen LogP contribution >= 0.6 is 27.5 Å². The van der Waals surface area contributed by atoms with Gasteiger partial charge < -0.3 is 15.0 Å². The van der Waals surface area contributed by atoms with Crippen LogP contribution in [-0.4, -0.2) is 50.7 Å². The predicted molar refractivity (Wildman–Crippen MR) is 138 cm³/mol. The summed E-state index contributed by atoms with van der Waals surface area (Å²) in [6, 6.07) is 11.1. The average molecular weight is 568 g/mol. The van der Waals surface area contributed by atoms with Gasteiger partial charge in [0.15, 0.2) is 5.82 Å². The van der Waals surface area contributed by atoms with Gasteiger partial charge in [0.05, 0.1) is 34.6 Å². The van der Waals surface area contributed by atoms with E-state index in [1.165, 1.54) is 31.6 Å². The largest absolute Gasteiger partial charge is 0.496 e. The van der Waals surface area contributed by atoms with Crippen LogP contribution in [0.5, 0.6) is 5.75 Å². The molecule has 0 aliphatic heterocycles. The number of aliphatic imine (C=N–C) groups is 1. The number of ether oxygens (including phenoxy) is 1. The molecule has 34 heavy (non-hydrogen) atoms. The number of aryl methyl sites for hydroxylation is 1. The van der Waals surface area contributed by atoms with Crippen LogP contribution < -0.4 is 10.1 Å². The number of nitrogens with one attached hydrogen (secondary N) is 1. The monoisotopic (exact) mass is 566 g/mol. The number of amides is 1. The van der Waals surface area contributed by atoms with Crippen LogP contribution in [0.2, 0.25) is 5.02 Å². The number of methoxy groups -OCH3 is 1. The van der Waals surface area contributed by atoms with Gasteiger partial charge in [0.25, 0.3) is 15.9 Å². The van der Waals surface area contributed by atoms with Gasteiger partial charge in [-0.15, -0.1) is 0 Å². The van der Waals surface area contributed by atoms with E-state index in [1.54, 1.807) is 50.2 Å². The number of anilines is 1. The van der Waals surface area contributed by atoms with Gasteiger partial charge in [-0.25, -0.2) is 17.4 Å². The van der Waals surface area contributed by atoms with Gasteiger partial charge in [0.2, 0.25) is 0 Å². The fourth-order valence-electron chi connectivity index (χ4n) is 3.17. The van der Waals surface area contributed by atoms with Crippen molar-refractivity contribution in [3.63, 3.8) is 0 Å². The van der Waals surface area contributed by atoms with E-state index in [0.717, 1.165) is 9.54 Å². The molecule has 0 radical (unpaired) electrons. The van der Waals surface area contributed by atoms with E-state index in [9.17, 15) is 13.2 Å². The molecule has 1 aromatic heterocycles. The van der Waals surface area contributed by atoms with Crippen LogP contribution in [0.25, 0.3) is 0 Å². The first-order chi connectivity index (χ1) is 16.0. The summed E-state index contributed by atoms with van der Waals surface area (Å²) in [5, 5.41) is 3.08. The highest BCUT2D eigenvalue weighted by Gasteiger charge is 2.29. The first-order valence-electron chi connectivity index (χ1n) is 10.1. The number of rotatable bonds is 7. The highest BCUT2D eigenvalue weighted by atomic mass is 79.9. The zero-order chi connectivity index (χ0) is 25.2. The third-order valence-corrected chi connectivity index (χ3v) is 7.78. The van der Waals surface area contributed by atoms with E-state index >= 15 is 0 Å². The third kappa shape index (κ3) is 5.13. The van der Waals surface area contributed by atoms with E-state index in [4.69, 9.17) is 16.3 Å². The molecule has 0 fully saturated rings. The van der Waals surface area contributed by atoms with Crippen molar-refractivity contribution in [1.82, 2.24) is 8.87 Å². The summed E-state index contributed by atoms with van der Waals surface area (Å²) < 4.78 is 33.4. The molecule has 0 unspecified atom stereocenters. The summed E-state index contributed by atoms with van der Waals surface area (Å²) in [6.07, 6.45) is 1.42. The number of halogens is 2. The second kappa shape index (κ2) is 10.2. The standard InChI is InChI=1S/C23H24BrClN4O4S/c1-14-6-8-16(9-7-14)34(31,32)29-20(24)12-17(22(29)26-13-28(3)4)23(30)27-21-15(2)19(33-5)11-10-18(21)25/h6-13H,1-5H3,(H,27,30). The Labute approximate surface area is 212 Å². The van der Waals surface area contributed by atoms with E-state index in [0.29, 0.717) is 22.0 Å². The van der Waals surface area contributed by atoms with E-state index in [-0.39, 0.29) is 20.9 Å². The lowest BCUT2D eigenvalue weighted by Gasteiger charge is -2.14. The maximum Gasteiger partial charge on any atom is 0.270 e. The minimum Gasteiger partial charge on any atom is -0.496 e. The summed E-state index contributed by atoms with van der Waals surface area (Å²) in [5.74, 6) is -0.0933. The summed E-state index contributed by atoms with van der Waals surface area (Å²) in [5.41, 5.74) is 1.95. The summed E-state index contributed by atoms with van der Waals surface area (Å²) in [4.78, 5) is 19.3. The van der Waals surface area contributed by atoms with Crippen molar-refractivity contribution in [2.75, 3.05) is 26.5 Å². The minimum atomic E-state index is -4.07. The van der Waals surface area contributed by atoms with Gasteiger partial charge in [0, 0.05) is 19.7 Å². The number of hydrogen-bond donors (Lipinski definition) is 1. The molecule has 0 aliphatic rings. The van der Waals surface area contributed by atoms with Gasteiger partial charge in [-0.2, -0.15) is 0 Å². The number of aromatic nitrogens is 1. The molecular formula is C23H24BrClN4O4S. The molecule has 11 heteroatoms. The Morgan fingerprint density at radius 3 is 2.41 bits per heavy atom. The first kappa shape index (κ1) is 25.8. The molecule has 0 spiro atoms. The van der Waals surface area contributed by atoms with E-state index in [1.807, 2.05) is 6.92 Å². The second-order valence-corrected chi connectivity index (χ2v) is 10.7. The number of carbonyl (C=O) groups is 1. The normalized spacial score (nSPS) is 11.6. The molecule has 3 aromatic rings. The van der Waals surface area contributed by atoms with Gasteiger partial charge >= 0.3 is 0 Å². The molecule has 3 rings (SSSR count).